The average molecular weight is 382 g/mol. The van der Waals surface area contributed by atoms with E-state index >= 15 is 0 Å². The maximum atomic E-state index is 13.0. The number of rotatable bonds is 11. The molecule has 0 N–H and O–H groups in total. The van der Waals surface area contributed by atoms with E-state index in [1.165, 1.54) is 0 Å². The molecule has 0 spiro atoms. The zero-order valence-electron chi connectivity index (χ0n) is 16.1. The number of hydrogen-bond acceptors (Lipinski definition) is 4. The Labute approximate surface area is 157 Å². The van der Waals surface area contributed by atoms with Crippen molar-refractivity contribution < 1.29 is 17.4 Å². The molecule has 2 rings (SSSR count). The van der Waals surface area contributed by atoms with Crippen molar-refractivity contribution in [3.05, 3.63) is 29.8 Å². The molecule has 1 fully saturated rings. The van der Waals surface area contributed by atoms with Gasteiger partial charge in [0.2, 0.25) is 5.91 Å². The Morgan fingerprint density at radius 2 is 1.85 bits per heavy atom. The van der Waals surface area contributed by atoms with Gasteiger partial charge in [0.15, 0.2) is 0 Å². The Bertz CT molecular complexity index is 680. The van der Waals surface area contributed by atoms with Crippen LogP contribution >= 0.6 is 0 Å². The Hall–Kier alpha value is -1.56. The van der Waals surface area contributed by atoms with Gasteiger partial charge in [-0.1, -0.05) is 38.8 Å². The lowest BCUT2D eigenvalue weighted by Gasteiger charge is -2.27. The number of nitrogens with zero attached hydrogens (tertiary/aromatic N) is 1. The minimum Gasteiger partial charge on any atom is -0.382 e. The first-order valence-corrected chi connectivity index (χ1v) is 11.3. The molecule has 1 amide bonds. The largest absolute Gasteiger partial charge is 0.382 e. The van der Waals surface area contributed by atoms with E-state index in [1.54, 1.807) is 19.1 Å². The molecule has 1 aromatic rings. The predicted octanol–water partition coefficient (Wildman–Crippen LogP) is 4.12. The summed E-state index contributed by atoms with van der Waals surface area (Å²) in [5, 5.41) is 0. The van der Waals surface area contributed by atoms with Crippen LogP contribution in [0.3, 0.4) is 0 Å². The topological polar surface area (TPSA) is 63.7 Å². The van der Waals surface area contributed by atoms with Crippen LogP contribution in [0.5, 0.6) is 5.75 Å². The van der Waals surface area contributed by atoms with Gasteiger partial charge in [-0.05, 0) is 50.3 Å². The highest BCUT2D eigenvalue weighted by Crippen LogP contribution is 2.31. The Morgan fingerprint density at radius 1 is 1.19 bits per heavy atom. The fourth-order valence-corrected chi connectivity index (χ4v) is 3.54. The van der Waals surface area contributed by atoms with Crippen LogP contribution in [-0.4, -0.2) is 31.0 Å². The summed E-state index contributed by atoms with van der Waals surface area (Å²) in [6.07, 6.45) is 6.17. The quantitative estimate of drug-likeness (QED) is 0.541. The van der Waals surface area contributed by atoms with Gasteiger partial charge >= 0.3 is 10.1 Å². The number of unbranched alkanes of at least 4 members (excludes halogenated alkanes) is 1. The van der Waals surface area contributed by atoms with Gasteiger partial charge in [-0.2, -0.15) is 8.42 Å². The maximum absolute atomic E-state index is 13.0. The first-order chi connectivity index (χ1) is 12.4. The SMILES string of the molecule is CCCC[C@@H](CC)C(=O)N(Cc1ccc(OS(=O)(=O)CC)cc1)C1CC1. The van der Waals surface area contributed by atoms with Gasteiger partial charge in [0.05, 0.1) is 5.75 Å². The van der Waals surface area contributed by atoms with Crippen molar-refractivity contribution in [3.8, 4) is 5.75 Å². The van der Waals surface area contributed by atoms with E-state index < -0.39 is 10.1 Å². The van der Waals surface area contributed by atoms with Crippen molar-refractivity contribution in [2.24, 2.45) is 5.92 Å². The van der Waals surface area contributed by atoms with Crippen molar-refractivity contribution in [2.45, 2.75) is 71.9 Å². The normalized spacial score (nSPS) is 15.5. The molecule has 6 heteroatoms. The molecule has 0 heterocycles. The molecule has 1 aliphatic carbocycles. The molecule has 1 atom stereocenters. The highest BCUT2D eigenvalue weighted by molar-refractivity contribution is 7.87. The lowest BCUT2D eigenvalue weighted by Crippen LogP contribution is -2.37. The maximum Gasteiger partial charge on any atom is 0.308 e. The Morgan fingerprint density at radius 3 is 2.35 bits per heavy atom. The van der Waals surface area contributed by atoms with Gasteiger partial charge in [-0.25, -0.2) is 0 Å². The number of carbonyl (C=O) groups is 1. The van der Waals surface area contributed by atoms with Crippen LogP contribution in [0, 0.1) is 5.92 Å². The Kier molecular flexibility index (Phi) is 7.50. The minimum atomic E-state index is -3.51. The van der Waals surface area contributed by atoms with Gasteiger partial charge in [-0.3, -0.25) is 4.79 Å². The third-order valence-electron chi connectivity index (χ3n) is 4.87. The second-order valence-electron chi connectivity index (χ2n) is 7.02. The predicted molar refractivity (Wildman–Crippen MR) is 103 cm³/mol. The van der Waals surface area contributed by atoms with Gasteiger partial charge in [0, 0.05) is 18.5 Å². The summed E-state index contributed by atoms with van der Waals surface area (Å²) in [6, 6.07) is 7.36. The summed E-state index contributed by atoms with van der Waals surface area (Å²) in [7, 11) is -3.51. The van der Waals surface area contributed by atoms with Crippen LogP contribution in [0.2, 0.25) is 0 Å². The number of hydrogen-bond donors (Lipinski definition) is 0. The zero-order chi connectivity index (χ0) is 19.2. The molecule has 26 heavy (non-hydrogen) atoms. The number of amides is 1. The van der Waals surface area contributed by atoms with Crippen molar-refractivity contribution >= 4 is 16.0 Å². The van der Waals surface area contributed by atoms with Crippen LogP contribution < -0.4 is 4.18 Å². The van der Waals surface area contributed by atoms with Crippen molar-refractivity contribution in [1.29, 1.82) is 0 Å². The fraction of sp³-hybridized carbons (Fsp3) is 0.650. The second-order valence-corrected chi connectivity index (χ2v) is 8.88. The molecule has 1 aromatic carbocycles. The fourth-order valence-electron chi connectivity index (χ4n) is 3.01. The summed E-state index contributed by atoms with van der Waals surface area (Å²) in [6.45, 7) is 6.36. The van der Waals surface area contributed by atoms with E-state index in [9.17, 15) is 13.2 Å². The molecule has 1 saturated carbocycles. The van der Waals surface area contributed by atoms with Crippen molar-refractivity contribution in [3.63, 3.8) is 0 Å². The van der Waals surface area contributed by atoms with Gasteiger partial charge in [-0.15, -0.1) is 0 Å². The third-order valence-corrected chi connectivity index (χ3v) is 6.03. The van der Waals surface area contributed by atoms with Crippen LogP contribution in [0.15, 0.2) is 24.3 Å². The first-order valence-electron chi connectivity index (χ1n) is 9.71. The summed E-state index contributed by atoms with van der Waals surface area (Å²) in [5.74, 6) is 0.619. The van der Waals surface area contributed by atoms with E-state index in [0.29, 0.717) is 18.3 Å². The lowest BCUT2D eigenvalue weighted by atomic mass is 9.97. The molecule has 0 bridgehead atoms. The summed E-state index contributed by atoms with van der Waals surface area (Å²) in [5.41, 5.74) is 0.997. The van der Waals surface area contributed by atoms with Crippen LogP contribution in [-0.2, 0) is 21.5 Å². The Balaban J connectivity index is 2.04. The number of carbonyl (C=O) groups excluding carboxylic acids is 1. The van der Waals surface area contributed by atoms with Gasteiger partial charge in [0.25, 0.3) is 0 Å². The second kappa shape index (κ2) is 9.40. The molecule has 1 aliphatic rings. The molecule has 5 nitrogen and oxygen atoms in total. The van der Waals surface area contributed by atoms with Crippen LogP contribution in [0.1, 0.15) is 64.9 Å². The van der Waals surface area contributed by atoms with Crippen LogP contribution in [0.4, 0.5) is 0 Å². The first kappa shape index (κ1) is 20.7. The lowest BCUT2D eigenvalue weighted by molar-refractivity contribution is -0.137. The average Bonchev–Trinajstić information content (AvgIpc) is 3.46. The molecule has 146 valence electrons. The summed E-state index contributed by atoms with van der Waals surface area (Å²) in [4.78, 5) is 15.0. The molecular formula is C20H31NO4S. The zero-order valence-corrected chi connectivity index (χ0v) is 16.9. The van der Waals surface area contributed by atoms with E-state index in [0.717, 1.165) is 44.1 Å². The van der Waals surface area contributed by atoms with E-state index in [1.807, 2.05) is 17.0 Å². The minimum absolute atomic E-state index is 0.0606. The molecule has 0 aromatic heterocycles. The van der Waals surface area contributed by atoms with E-state index in [-0.39, 0.29) is 17.6 Å². The molecule has 0 radical (unpaired) electrons. The third kappa shape index (κ3) is 6.01. The standard InChI is InChI=1S/C20H31NO4S/c1-4-7-8-17(5-2)20(22)21(18-11-12-18)15-16-9-13-19(14-10-16)25-26(23,24)6-3/h9-10,13-14,17-18H,4-8,11-12,15H2,1-3H3/t17-/m1/s1. The number of benzene rings is 1. The molecule has 0 unspecified atom stereocenters. The smallest absolute Gasteiger partial charge is 0.308 e. The molecule has 0 saturated heterocycles. The van der Waals surface area contributed by atoms with Crippen LogP contribution in [0.25, 0.3) is 0 Å². The van der Waals surface area contributed by atoms with E-state index in [2.05, 4.69) is 13.8 Å². The van der Waals surface area contributed by atoms with E-state index in [4.69, 9.17) is 4.18 Å². The highest BCUT2D eigenvalue weighted by Gasteiger charge is 2.35. The monoisotopic (exact) mass is 381 g/mol. The van der Waals surface area contributed by atoms with Crippen molar-refractivity contribution in [1.82, 2.24) is 4.90 Å². The molecular weight excluding hydrogens is 350 g/mol. The summed E-state index contributed by atoms with van der Waals surface area (Å²) >= 11 is 0. The van der Waals surface area contributed by atoms with Crippen molar-refractivity contribution in [2.75, 3.05) is 5.75 Å². The highest BCUT2D eigenvalue weighted by atomic mass is 32.2. The molecule has 0 aliphatic heterocycles. The summed E-state index contributed by atoms with van der Waals surface area (Å²) < 4.78 is 28.1. The van der Waals surface area contributed by atoms with Gasteiger partial charge < -0.3 is 9.08 Å². The van der Waals surface area contributed by atoms with Gasteiger partial charge in [0.1, 0.15) is 5.75 Å².